The highest BCUT2D eigenvalue weighted by Gasteiger charge is 2.29. The molecule has 0 heterocycles. The van der Waals surface area contributed by atoms with Gasteiger partial charge in [0.25, 0.3) is 0 Å². The Morgan fingerprint density at radius 1 is 1.40 bits per heavy atom. The summed E-state index contributed by atoms with van der Waals surface area (Å²) in [6, 6.07) is 0. The number of hydrogen-bond donors (Lipinski definition) is 1. The van der Waals surface area contributed by atoms with E-state index in [1.807, 2.05) is 0 Å². The molecule has 1 atom stereocenters. The molecule has 0 aliphatic heterocycles. The summed E-state index contributed by atoms with van der Waals surface area (Å²) in [6.07, 6.45) is -1.90. The molecular weight excluding hydrogens is 231 g/mol. The van der Waals surface area contributed by atoms with Crippen LogP contribution in [0, 0.1) is 5.92 Å². The van der Waals surface area contributed by atoms with Crippen molar-refractivity contribution >= 4 is 11.6 Å². The second-order valence-electron chi connectivity index (χ2n) is 3.73. The topological polar surface area (TPSA) is 21.3 Å². The zero-order valence-corrected chi connectivity index (χ0v) is 9.07. The van der Waals surface area contributed by atoms with Gasteiger partial charge in [0.1, 0.15) is 6.61 Å². The zero-order valence-electron chi connectivity index (χ0n) is 8.32. The number of hydrogen-bond acceptors (Lipinski definition) is 2. The van der Waals surface area contributed by atoms with Crippen LogP contribution >= 0.6 is 11.6 Å². The molecule has 1 N–H and O–H groups in total. The lowest BCUT2D eigenvalue weighted by molar-refractivity contribution is -0.173. The van der Waals surface area contributed by atoms with Crippen molar-refractivity contribution in [3.05, 3.63) is 0 Å². The minimum absolute atomic E-state index is 0.0633. The number of ether oxygens (including phenoxy) is 1. The summed E-state index contributed by atoms with van der Waals surface area (Å²) in [4.78, 5) is 0. The predicted octanol–water partition coefficient (Wildman–Crippen LogP) is 2.17. The maximum absolute atomic E-state index is 11.6. The largest absolute Gasteiger partial charge is 0.411 e. The quantitative estimate of drug-likeness (QED) is 0.548. The van der Waals surface area contributed by atoms with E-state index in [-0.39, 0.29) is 12.0 Å². The molecule has 90 valence electrons. The monoisotopic (exact) mass is 245 g/mol. The Kier molecular flexibility index (Phi) is 5.15. The molecule has 1 aliphatic rings. The van der Waals surface area contributed by atoms with Gasteiger partial charge in [-0.05, 0) is 18.8 Å². The molecule has 0 amide bonds. The first-order valence-electron chi connectivity index (χ1n) is 4.98. The average molecular weight is 246 g/mol. The smallest absolute Gasteiger partial charge is 0.371 e. The number of rotatable bonds is 7. The molecule has 0 radical (unpaired) electrons. The van der Waals surface area contributed by atoms with Gasteiger partial charge in [-0.15, -0.1) is 11.6 Å². The second kappa shape index (κ2) is 5.92. The van der Waals surface area contributed by atoms with Crippen LogP contribution in [0.3, 0.4) is 0 Å². The van der Waals surface area contributed by atoms with Crippen LogP contribution in [-0.2, 0) is 4.74 Å². The van der Waals surface area contributed by atoms with Crippen molar-refractivity contribution in [2.75, 3.05) is 26.3 Å². The Bertz CT molecular complexity index is 185. The zero-order chi connectivity index (χ0) is 11.3. The van der Waals surface area contributed by atoms with Gasteiger partial charge in [0.2, 0.25) is 0 Å². The normalized spacial score (nSPS) is 19.2. The number of nitrogens with one attached hydrogen (secondary N) is 1. The SMILES string of the molecule is FC(F)(F)COCCNCC(Cl)C1CC1. The van der Waals surface area contributed by atoms with Crippen molar-refractivity contribution in [3.8, 4) is 0 Å². The van der Waals surface area contributed by atoms with Crippen molar-refractivity contribution in [2.24, 2.45) is 5.92 Å². The van der Waals surface area contributed by atoms with Gasteiger partial charge in [0, 0.05) is 18.5 Å². The minimum Gasteiger partial charge on any atom is -0.371 e. The Morgan fingerprint density at radius 2 is 2.07 bits per heavy atom. The van der Waals surface area contributed by atoms with Gasteiger partial charge >= 0.3 is 6.18 Å². The first-order valence-corrected chi connectivity index (χ1v) is 5.42. The fraction of sp³-hybridized carbons (Fsp3) is 1.00. The van der Waals surface area contributed by atoms with Crippen molar-refractivity contribution < 1.29 is 17.9 Å². The van der Waals surface area contributed by atoms with E-state index in [1.165, 1.54) is 12.8 Å². The molecule has 1 rings (SSSR count). The molecular formula is C9H15ClF3NO. The fourth-order valence-electron chi connectivity index (χ4n) is 1.20. The third-order valence-corrected chi connectivity index (χ3v) is 2.67. The first-order chi connectivity index (χ1) is 6.99. The maximum atomic E-state index is 11.6. The fourth-order valence-corrected chi connectivity index (χ4v) is 1.56. The highest BCUT2D eigenvalue weighted by atomic mass is 35.5. The summed E-state index contributed by atoms with van der Waals surface area (Å²) in [7, 11) is 0. The molecule has 15 heavy (non-hydrogen) atoms. The molecule has 0 spiro atoms. The summed E-state index contributed by atoms with van der Waals surface area (Å²) in [5, 5.41) is 3.07. The third-order valence-electron chi connectivity index (χ3n) is 2.16. The Balaban J connectivity index is 1.84. The van der Waals surface area contributed by atoms with E-state index < -0.39 is 12.8 Å². The lowest BCUT2D eigenvalue weighted by Gasteiger charge is -2.10. The van der Waals surface area contributed by atoms with Crippen LogP contribution in [0.2, 0.25) is 0 Å². The van der Waals surface area contributed by atoms with E-state index in [2.05, 4.69) is 10.1 Å². The maximum Gasteiger partial charge on any atom is 0.411 e. The van der Waals surface area contributed by atoms with Gasteiger partial charge in [0.15, 0.2) is 0 Å². The van der Waals surface area contributed by atoms with E-state index in [1.54, 1.807) is 0 Å². The molecule has 0 aromatic carbocycles. The van der Waals surface area contributed by atoms with Crippen molar-refractivity contribution in [1.29, 1.82) is 0 Å². The summed E-state index contributed by atoms with van der Waals surface area (Å²) >= 11 is 5.98. The van der Waals surface area contributed by atoms with Gasteiger partial charge < -0.3 is 10.1 Å². The number of alkyl halides is 4. The second-order valence-corrected chi connectivity index (χ2v) is 4.29. The Hall–Kier alpha value is 0. The average Bonchev–Trinajstić information content (AvgIpc) is 2.91. The van der Waals surface area contributed by atoms with Gasteiger partial charge in [-0.3, -0.25) is 0 Å². The van der Waals surface area contributed by atoms with Crippen molar-refractivity contribution in [1.82, 2.24) is 5.32 Å². The van der Waals surface area contributed by atoms with Crippen LogP contribution in [0.4, 0.5) is 13.2 Å². The molecule has 0 saturated heterocycles. The highest BCUT2D eigenvalue weighted by molar-refractivity contribution is 6.21. The van der Waals surface area contributed by atoms with E-state index in [9.17, 15) is 13.2 Å². The molecule has 1 aliphatic carbocycles. The van der Waals surface area contributed by atoms with Gasteiger partial charge in [-0.2, -0.15) is 13.2 Å². The van der Waals surface area contributed by atoms with E-state index in [0.717, 1.165) is 0 Å². The minimum atomic E-state index is -4.23. The molecule has 1 fully saturated rings. The number of halogens is 4. The first kappa shape index (κ1) is 13.1. The van der Waals surface area contributed by atoms with E-state index in [0.29, 0.717) is 19.0 Å². The van der Waals surface area contributed by atoms with Crippen molar-refractivity contribution in [2.45, 2.75) is 24.4 Å². The predicted molar refractivity (Wildman–Crippen MR) is 52.1 cm³/mol. The summed E-state index contributed by atoms with van der Waals surface area (Å²) in [6.45, 7) is -0.0665. The lowest BCUT2D eigenvalue weighted by Crippen LogP contribution is -2.29. The molecule has 0 aromatic rings. The summed E-state index contributed by atoms with van der Waals surface area (Å²) < 4.78 is 39.3. The Labute approximate surface area is 92.1 Å². The van der Waals surface area contributed by atoms with Crippen LogP contribution < -0.4 is 5.32 Å². The molecule has 0 aromatic heterocycles. The molecule has 6 heteroatoms. The standard InChI is InChI=1S/C9H15ClF3NO/c10-8(7-1-2-7)5-14-3-4-15-6-9(11,12)13/h7-8,14H,1-6H2. The molecule has 2 nitrogen and oxygen atoms in total. The van der Waals surface area contributed by atoms with Crippen LogP contribution in [-0.4, -0.2) is 37.9 Å². The van der Waals surface area contributed by atoms with Gasteiger partial charge in [0.05, 0.1) is 6.61 Å². The van der Waals surface area contributed by atoms with Crippen LogP contribution in [0.15, 0.2) is 0 Å². The van der Waals surface area contributed by atoms with Gasteiger partial charge in [-0.1, -0.05) is 0 Å². The summed E-state index contributed by atoms with van der Waals surface area (Å²) in [5.41, 5.74) is 0. The molecule has 1 saturated carbocycles. The highest BCUT2D eigenvalue weighted by Crippen LogP contribution is 2.35. The van der Waals surface area contributed by atoms with Crippen LogP contribution in [0.1, 0.15) is 12.8 Å². The lowest BCUT2D eigenvalue weighted by atomic mass is 10.3. The van der Waals surface area contributed by atoms with Gasteiger partial charge in [-0.25, -0.2) is 0 Å². The Morgan fingerprint density at radius 3 is 2.60 bits per heavy atom. The van der Waals surface area contributed by atoms with E-state index in [4.69, 9.17) is 11.6 Å². The van der Waals surface area contributed by atoms with Crippen molar-refractivity contribution in [3.63, 3.8) is 0 Å². The third kappa shape index (κ3) is 6.98. The summed E-state index contributed by atoms with van der Waals surface area (Å²) in [5.74, 6) is 0.593. The molecule has 0 bridgehead atoms. The van der Waals surface area contributed by atoms with E-state index >= 15 is 0 Å². The van der Waals surface area contributed by atoms with Crippen LogP contribution in [0.25, 0.3) is 0 Å². The van der Waals surface area contributed by atoms with Crippen LogP contribution in [0.5, 0.6) is 0 Å². The molecule has 1 unspecified atom stereocenters.